The molecule has 9 aromatic carbocycles. The SMILES string of the molecule is c1ccc(-c2ccc(N(c3ccc(-c4ccccc4)cc3)c3c4ccccc4cc4c3oc3cccc(-c5ccc(-c6nc7ccccc7o6)cc5)c34)cc2)cc1. The molecule has 0 radical (unpaired) electrons. The lowest BCUT2D eigenvalue weighted by Gasteiger charge is -2.27. The topological polar surface area (TPSA) is 42.4 Å². The summed E-state index contributed by atoms with van der Waals surface area (Å²) in [6.45, 7) is 0. The van der Waals surface area contributed by atoms with Crippen LogP contribution in [0, 0.1) is 0 Å². The van der Waals surface area contributed by atoms with E-state index in [0.717, 1.165) is 88.7 Å². The van der Waals surface area contributed by atoms with E-state index in [9.17, 15) is 0 Å². The molecule has 2 aromatic heterocycles. The number of para-hydroxylation sites is 2. The van der Waals surface area contributed by atoms with Crippen molar-refractivity contribution in [2.24, 2.45) is 0 Å². The summed E-state index contributed by atoms with van der Waals surface area (Å²) in [6, 6.07) is 72.3. The normalized spacial score (nSPS) is 11.5. The second-order valence-corrected chi connectivity index (χ2v) is 14.3. The third-order valence-corrected chi connectivity index (χ3v) is 10.9. The predicted molar refractivity (Wildman–Crippen MR) is 235 cm³/mol. The maximum atomic E-state index is 7.02. The Hall–Kier alpha value is -7.69. The molecule has 0 aliphatic carbocycles. The van der Waals surface area contributed by atoms with Crippen LogP contribution in [-0.2, 0) is 0 Å². The van der Waals surface area contributed by atoms with Gasteiger partial charge in [0.15, 0.2) is 11.2 Å². The van der Waals surface area contributed by atoms with E-state index in [-0.39, 0.29) is 0 Å². The third-order valence-electron chi connectivity index (χ3n) is 10.9. The number of furan rings is 1. The summed E-state index contributed by atoms with van der Waals surface area (Å²) in [5.41, 5.74) is 14.2. The van der Waals surface area contributed by atoms with E-state index in [1.165, 1.54) is 11.1 Å². The highest BCUT2D eigenvalue weighted by atomic mass is 16.3. The van der Waals surface area contributed by atoms with E-state index < -0.39 is 0 Å². The van der Waals surface area contributed by atoms with Gasteiger partial charge in [0.25, 0.3) is 0 Å². The van der Waals surface area contributed by atoms with Crippen LogP contribution in [0.5, 0.6) is 0 Å². The van der Waals surface area contributed by atoms with E-state index in [0.29, 0.717) is 5.89 Å². The van der Waals surface area contributed by atoms with Gasteiger partial charge in [-0.2, -0.15) is 0 Å². The standard InChI is InChI=1S/C53H34N2O2/c1-3-12-35(13-4-1)37-26-30-42(31-27-37)55(43-32-28-38(29-33-43)36-14-5-2-6-15-36)51-45-17-8-7-16-41(45)34-46-50-44(18-11-21-49(50)56-52(46)51)39-22-24-40(25-23-39)53-54-47-19-9-10-20-48(47)57-53/h1-34H. The molecule has 0 atom stereocenters. The minimum atomic E-state index is 0.611. The van der Waals surface area contributed by atoms with E-state index in [2.05, 4.69) is 187 Å². The fourth-order valence-corrected chi connectivity index (χ4v) is 8.13. The Bertz CT molecular complexity index is 3080. The van der Waals surface area contributed by atoms with Crippen molar-refractivity contribution in [2.75, 3.05) is 4.90 Å². The molecule has 0 fully saturated rings. The fraction of sp³-hybridized carbons (Fsp3) is 0. The number of aromatic nitrogens is 1. The molecule has 0 bridgehead atoms. The maximum absolute atomic E-state index is 7.02. The average molecular weight is 731 g/mol. The van der Waals surface area contributed by atoms with Crippen LogP contribution in [0.25, 0.3) is 88.6 Å². The Kier molecular flexibility index (Phi) is 7.78. The van der Waals surface area contributed by atoms with Gasteiger partial charge in [0, 0.05) is 33.1 Å². The molecule has 0 amide bonds. The van der Waals surface area contributed by atoms with Gasteiger partial charge in [-0.3, -0.25) is 0 Å². The van der Waals surface area contributed by atoms with Crippen LogP contribution in [0.2, 0.25) is 0 Å². The summed E-state index contributed by atoms with van der Waals surface area (Å²) in [4.78, 5) is 7.08. The molecule has 268 valence electrons. The molecule has 2 heterocycles. The summed E-state index contributed by atoms with van der Waals surface area (Å²) in [7, 11) is 0. The molecule has 11 rings (SSSR count). The van der Waals surface area contributed by atoms with Crippen molar-refractivity contribution < 1.29 is 8.83 Å². The summed E-state index contributed by atoms with van der Waals surface area (Å²) < 4.78 is 13.1. The van der Waals surface area contributed by atoms with Gasteiger partial charge < -0.3 is 13.7 Å². The molecule has 0 aliphatic heterocycles. The summed E-state index contributed by atoms with van der Waals surface area (Å²) in [6.07, 6.45) is 0. The van der Waals surface area contributed by atoms with E-state index in [1.807, 2.05) is 24.3 Å². The summed E-state index contributed by atoms with van der Waals surface area (Å²) in [5, 5.41) is 4.38. The Morgan fingerprint density at radius 3 is 1.60 bits per heavy atom. The van der Waals surface area contributed by atoms with Crippen LogP contribution in [-0.4, -0.2) is 4.98 Å². The molecule has 0 saturated carbocycles. The van der Waals surface area contributed by atoms with Crippen molar-refractivity contribution in [3.8, 4) is 44.8 Å². The van der Waals surface area contributed by atoms with Gasteiger partial charge in [-0.15, -0.1) is 0 Å². The van der Waals surface area contributed by atoms with Crippen molar-refractivity contribution in [1.29, 1.82) is 0 Å². The van der Waals surface area contributed by atoms with Crippen molar-refractivity contribution in [1.82, 2.24) is 4.98 Å². The van der Waals surface area contributed by atoms with E-state index in [1.54, 1.807) is 0 Å². The lowest BCUT2D eigenvalue weighted by atomic mass is 9.96. The Balaban J connectivity index is 1.10. The molecule has 11 aromatic rings. The number of anilines is 3. The van der Waals surface area contributed by atoms with Gasteiger partial charge in [-0.1, -0.05) is 146 Å². The fourth-order valence-electron chi connectivity index (χ4n) is 8.13. The lowest BCUT2D eigenvalue weighted by molar-refractivity contribution is 0.620. The monoisotopic (exact) mass is 730 g/mol. The third kappa shape index (κ3) is 5.74. The molecule has 57 heavy (non-hydrogen) atoms. The molecule has 0 saturated heterocycles. The quantitative estimate of drug-likeness (QED) is 0.164. The number of nitrogens with zero attached hydrogens (tertiary/aromatic N) is 2. The predicted octanol–water partition coefficient (Wildman–Crippen LogP) is 15.0. The minimum Gasteiger partial charge on any atom is -0.454 e. The zero-order valence-corrected chi connectivity index (χ0v) is 30.8. The van der Waals surface area contributed by atoms with Crippen LogP contribution in [0.15, 0.2) is 215 Å². The zero-order valence-electron chi connectivity index (χ0n) is 30.8. The van der Waals surface area contributed by atoms with Gasteiger partial charge in [0.2, 0.25) is 5.89 Å². The Morgan fingerprint density at radius 2 is 0.930 bits per heavy atom. The molecular weight excluding hydrogens is 697 g/mol. The van der Waals surface area contributed by atoms with Gasteiger partial charge >= 0.3 is 0 Å². The van der Waals surface area contributed by atoms with E-state index >= 15 is 0 Å². The molecular formula is C53H34N2O2. The summed E-state index contributed by atoms with van der Waals surface area (Å²) >= 11 is 0. The molecule has 0 N–H and O–H groups in total. The first-order chi connectivity index (χ1) is 28.2. The molecule has 0 spiro atoms. The Morgan fingerprint density at radius 1 is 0.386 bits per heavy atom. The van der Waals surface area contributed by atoms with Crippen LogP contribution in [0.1, 0.15) is 0 Å². The van der Waals surface area contributed by atoms with Crippen molar-refractivity contribution >= 4 is 60.9 Å². The van der Waals surface area contributed by atoms with Gasteiger partial charge in [0.1, 0.15) is 11.1 Å². The van der Waals surface area contributed by atoms with Crippen LogP contribution in [0.3, 0.4) is 0 Å². The number of hydrogen-bond acceptors (Lipinski definition) is 4. The van der Waals surface area contributed by atoms with Crippen molar-refractivity contribution in [3.63, 3.8) is 0 Å². The second-order valence-electron chi connectivity index (χ2n) is 14.3. The van der Waals surface area contributed by atoms with Crippen LogP contribution < -0.4 is 4.90 Å². The molecule has 4 heteroatoms. The number of hydrogen-bond donors (Lipinski definition) is 0. The smallest absolute Gasteiger partial charge is 0.227 e. The number of rotatable bonds is 7. The van der Waals surface area contributed by atoms with Gasteiger partial charge in [-0.25, -0.2) is 4.98 Å². The average Bonchev–Trinajstić information content (AvgIpc) is 3.90. The highest BCUT2D eigenvalue weighted by Crippen LogP contribution is 2.48. The second kappa shape index (κ2) is 13.6. The van der Waals surface area contributed by atoms with Gasteiger partial charge in [0.05, 0.1) is 5.69 Å². The van der Waals surface area contributed by atoms with Crippen LogP contribution in [0.4, 0.5) is 17.1 Å². The highest BCUT2D eigenvalue weighted by Gasteiger charge is 2.24. The lowest BCUT2D eigenvalue weighted by Crippen LogP contribution is -2.11. The molecule has 4 nitrogen and oxygen atoms in total. The van der Waals surface area contributed by atoms with Gasteiger partial charge in [-0.05, 0) is 99.4 Å². The van der Waals surface area contributed by atoms with Crippen molar-refractivity contribution in [2.45, 2.75) is 0 Å². The first kappa shape index (κ1) is 32.7. The zero-order chi connectivity index (χ0) is 37.7. The molecule has 0 unspecified atom stereocenters. The number of fused-ring (bicyclic) bond motifs is 5. The number of oxazole rings is 1. The first-order valence-electron chi connectivity index (χ1n) is 19.2. The Labute approximate surface area is 329 Å². The summed E-state index contributed by atoms with van der Waals surface area (Å²) in [5.74, 6) is 0.611. The molecule has 0 aliphatic rings. The first-order valence-corrected chi connectivity index (χ1v) is 19.2. The minimum absolute atomic E-state index is 0.611. The van der Waals surface area contributed by atoms with Crippen molar-refractivity contribution in [3.05, 3.63) is 206 Å². The maximum Gasteiger partial charge on any atom is 0.227 e. The number of benzene rings is 9. The van der Waals surface area contributed by atoms with E-state index in [4.69, 9.17) is 13.8 Å². The van der Waals surface area contributed by atoms with Crippen LogP contribution >= 0.6 is 0 Å². The highest BCUT2D eigenvalue weighted by molar-refractivity contribution is 6.22. The largest absolute Gasteiger partial charge is 0.454 e.